The summed E-state index contributed by atoms with van der Waals surface area (Å²) in [5.74, 6) is -0.570. The lowest BCUT2D eigenvalue weighted by Gasteiger charge is -2.43. The van der Waals surface area contributed by atoms with Gasteiger partial charge in [0.25, 0.3) is 20.2 Å². The topological polar surface area (TPSA) is 127 Å². The number of fused-ring (bicyclic) bond motifs is 1. The molecular weight excluding hydrogens is 372 g/mol. The van der Waals surface area contributed by atoms with Gasteiger partial charge in [0.1, 0.15) is 0 Å². The standard InChI is InChI=1S/C15H26O8S2/c1-24(18,19)22-9-13-5-3-4-12-6-11(14(17)8-16)7-15(12,13)10-23-25(2,20)21/h3-4,11-14,16-17H,5-10H2,1-2H3/t11-,12+,13+,14?,15+/m0/s1. The number of allylic oxidation sites excluding steroid dienone is 2. The monoisotopic (exact) mass is 398 g/mol. The zero-order chi connectivity index (χ0) is 18.9. The molecule has 10 heteroatoms. The van der Waals surface area contributed by atoms with Crippen molar-refractivity contribution < 1.29 is 35.4 Å². The molecule has 1 saturated carbocycles. The molecule has 0 aliphatic heterocycles. The Morgan fingerprint density at radius 3 is 2.40 bits per heavy atom. The van der Waals surface area contributed by atoms with E-state index in [1.54, 1.807) is 0 Å². The van der Waals surface area contributed by atoms with Crippen LogP contribution in [0.2, 0.25) is 0 Å². The third-order valence-electron chi connectivity index (χ3n) is 5.30. The van der Waals surface area contributed by atoms with Crippen molar-refractivity contribution in [1.29, 1.82) is 0 Å². The van der Waals surface area contributed by atoms with Crippen molar-refractivity contribution in [2.45, 2.75) is 25.4 Å². The summed E-state index contributed by atoms with van der Waals surface area (Å²) in [6, 6.07) is 0. The quantitative estimate of drug-likeness (QED) is 0.428. The Hall–Kier alpha value is -0.520. The van der Waals surface area contributed by atoms with E-state index in [-0.39, 0.29) is 37.6 Å². The van der Waals surface area contributed by atoms with Gasteiger partial charge in [-0.3, -0.25) is 8.37 Å². The van der Waals surface area contributed by atoms with Crippen molar-refractivity contribution in [3.63, 3.8) is 0 Å². The average molecular weight is 398 g/mol. The largest absolute Gasteiger partial charge is 0.394 e. The summed E-state index contributed by atoms with van der Waals surface area (Å²) in [6.07, 6.45) is 6.44. The number of aliphatic hydroxyl groups excluding tert-OH is 2. The number of hydrogen-bond donors (Lipinski definition) is 2. The fourth-order valence-electron chi connectivity index (χ4n) is 4.05. The molecule has 2 aliphatic carbocycles. The predicted octanol–water partition coefficient (Wildman–Crippen LogP) is -0.119. The Labute approximate surface area is 149 Å². The van der Waals surface area contributed by atoms with E-state index in [4.69, 9.17) is 8.37 Å². The van der Waals surface area contributed by atoms with Crippen molar-refractivity contribution in [3.05, 3.63) is 12.2 Å². The molecule has 0 saturated heterocycles. The number of rotatable bonds is 8. The van der Waals surface area contributed by atoms with Crippen molar-refractivity contribution in [3.8, 4) is 0 Å². The van der Waals surface area contributed by atoms with E-state index < -0.39 is 31.8 Å². The van der Waals surface area contributed by atoms with Crippen LogP contribution in [0.1, 0.15) is 19.3 Å². The molecule has 0 radical (unpaired) electrons. The van der Waals surface area contributed by atoms with Crippen molar-refractivity contribution in [1.82, 2.24) is 0 Å². The number of aliphatic hydroxyl groups is 2. The molecule has 146 valence electrons. The van der Waals surface area contributed by atoms with Crippen molar-refractivity contribution >= 4 is 20.2 Å². The Morgan fingerprint density at radius 2 is 1.84 bits per heavy atom. The smallest absolute Gasteiger partial charge is 0.264 e. The summed E-state index contributed by atoms with van der Waals surface area (Å²) < 4.78 is 55.8. The van der Waals surface area contributed by atoms with Crippen LogP contribution in [0.4, 0.5) is 0 Å². The third-order valence-corrected chi connectivity index (χ3v) is 6.41. The van der Waals surface area contributed by atoms with Gasteiger partial charge in [0, 0.05) is 5.41 Å². The van der Waals surface area contributed by atoms with E-state index in [1.165, 1.54) is 0 Å². The van der Waals surface area contributed by atoms with E-state index in [2.05, 4.69) is 0 Å². The van der Waals surface area contributed by atoms with Crippen LogP contribution in [-0.4, -0.2) is 65.5 Å². The lowest BCUT2D eigenvalue weighted by Crippen LogP contribution is -2.43. The first kappa shape index (κ1) is 20.8. The molecule has 0 bridgehead atoms. The molecule has 8 nitrogen and oxygen atoms in total. The highest BCUT2D eigenvalue weighted by molar-refractivity contribution is 7.86. The van der Waals surface area contributed by atoms with E-state index >= 15 is 0 Å². The molecule has 1 fully saturated rings. The van der Waals surface area contributed by atoms with E-state index in [0.717, 1.165) is 12.5 Å². The Kier molecular flexibility index (Phi) is 6.33. The van der Waals surface area contributed by atoms with Gasteiger partial charge in [0.05, 0.1) is 38.4 Å². The van der Waals surface area contributed by atoms with Gasteiger partial charge < -0.3 is 10.2 Å². The van der Waals surface area contributed by atoms with Gasteiger partial charge in [-0.25, -0.2) is 0 Å². The van der Waals surface area contributed by atoms with Gasteiger partial charge >= 0.3 is 0 Å². The van der Waals surface area contributed by atoms with Gasteiger partial charge in [-0.1, -0.05) is 12.2 Å². The Morgan fingerprint density at radius 1 is 1.20 bits per heavy atom. The molecule has 2 aliphatic rings. The molecular formula is C15H26O8S2. The highest BCUT2D eigenvalue weighted by atomic mass is 32.2. The Balaban J connectivity index is 2.29. The summed E-state index contributed by atoms with van der Waals surface area (Å²) in [5.41, 5.74) is -0.663. The first-order valence-corrected chi connectivity index (χ1v) is 11.7. The summed E-state index contributed by atoms with van der Waals surface area (Å²) in [5, 5.41) is 19.3. The SMILES string of the molecule is CS(=O)(=O)OC[C@H]1CC=C[C@@H]2C[C@H](C(O)CO)C[C@]12COS(C)(=O)=O. The molecule has 1 unspecified atom stereocenters. The molecule has 0 amide bonds. The van der Waals surface area contributed by atoms with Crippen LogP contribution in [0, 0.1) is 23.2 Å². The van der Waals surface area contributed by atoms with Gasteiger partial charge in [-0.05, 0) is 37.0 Å². The van der Waals surface area contributed by atoms with Gasteiger partial charge in [0.15, 0.2) is 0 Å². The molecule has 25 heavy (non-hydrogen) atoms. The molecule has 0 aromatic heterocycles. The summed E-state index contributed by atoms with van der Waals surface area (Å²) >= 11 is 0. The summed E-state index contributed by atoms with van der Waals surface area (Å²) in [4.78, 5) is 0. The van der Waals surface area contributed by atoms with Gasteiger partial charge in [-0.2, -0.15) is 16.8 Å². The van der Waals surface area contributed by atoms with Crippen LogP contribution in [0.25, 0.3) is 0 Å². The zero-order valence-electron chi connectivity index (χ0n) is 14.4. The maximum Gasteiger partial charge on any atom is 0.264 e. The fourth-order valence-corrected chi connectivity index (χ4v) is 4.89. The lowest BCUT2D eigenvalue weighted by molar-refractivity contribution is 0.00794. The van der Waals surface area contributed by atoms with Crippen LogP contribution in [0.5, 0.6) is 0 Å². The van der Waals surface area contributed by atoms with Crippen molar-refractivity contribution in [2.75, 3.05) is 32.3 Å². The molecule has 0 heterocycles. The van der Waals surface area contributed by atoms with Gasteiger partial charge in [0.2, 0.25) is 0 Å². The van der Waals surface area contributed by atoms with Crippen LogP contribution in [0.3, 0.4) is 0 Å². The van der Waals surface area contributed by atoms with E-state index in [1.807, 2.05) is 12.2 Å². The fraction of sp³-hybridized carbons (Fsp3) is 0.867. The highest BCUT2D eigenvalue weighted by Crippen LogP contribution is 2.56. The van der Waals surface area contributed by atoms with Gasteiger partial charge in [-0.15, -0.1) is 0 Å². The lowest BCUT2D eigenvalue weighted by atomic mass is 9.65. The second-order valence-corrected chi connectivity index (χ2v) is 10.4. The summed E-state index contributed by atoms with van der Waals surface area (Å²) in [6.45, 7) is -0.559. The Bertz CT molecular complexity index is 699. The van der Waals surface area contributed by atoms with Crippen LogP contribution < -0.4 is 0 Å². The highest BCUT2D eigenvalue weighted by Gasteiger charge is 2.54. The van der Waals surface area contributed by atoms with Crippen LogP contribution >= 0.6 is 0 Å². The molecule has 0 spiro atoms. The molecule has 5 atom stereocenters. The second-order valence-electron chi connectivity index (χ2n) is 7.11. The predicted molar refractivity (Wildman–Crippen MR) is 90.6 cm³/mol. The second kappa shape index (κ2) is 7.61. The third kappa shape index (κ3) is 5.24. The first-order chi connectivity index (χ1) is 11.5. The van der Waals surface area contributed by atoms with E-state index in [9.17, 15) is 27.0 Å². The van der Waals surface area contributed by atoms with Crippen LogP contribution in [0.15, 0.2) is 12.2 Å². The average Bonchev–Trinajstić information content (AvgIpc) is 2.89. The van der Waals surface area contributed by atoms with Crippen molar-refractivity contribution in [2.24, 2.45) is 23.2 Å². The van der Waals surface area contributed by atoms with E-state index in [0.29, 0.717) is 19.3 Å². The van der Waals surface area contributed by atoms with Crippen LogP contribution in [-0.2, 0) is 28.6 Å². The molecule has 2 N–H and O–H groups in total. The summed E-state index contributed by atoms with van der Waals surface area (Å²) in [7, 11) is -7.30. The number of hydrogen-bond acceptors (Lipinski definition) is 8. The molecule has 0 aromatic rings. The molecule has 0 aromatic carbocycles. The maximum atomic E-state index is 11.5. The normalized spacial score (nSPS) is 34.0. The first-order valence-electron chi connectivity index (χ1n) is 8.11. The zero-order valence-corrected chi connectivity index (χ0v) is 16.0. The molecule has 2 rings (SSSR count). The minimum atomic E-state index is -3.67. The minimum absolute atomic E-state index is 0.0747. The minimum Gasteiger partial charge on any atom is -0.394 e. The maximum absolute atomic E-state index is 11.5.